The molecule has 9 heteroatoms. The van der Waals surface area contributed by atoms with E-state index in [1.165, 1.54) is 32.1 Å². The van der Waals surface area contributed by atoms with Gasteiger partial charge in [0.1, 0.15) is 0 Å². The quantitative estimate of drug-likeness (QED) is 0.257. The van der Waals surface area contributed by atoms with Gasteiger partial charge in [0.05, 0.1) is 18.8 Å². The SMILES string of the molecule is O=C(CCCC(=O)Nc1ccc([C@H]2O[C@@H](CN3CCCCCCC3)C[C@@H](c3ccc(CO)cc3)O2)cc1)NO. The average molecular weight is 540 g/mol. The van der Waals surface area contributed by atoms with Crippen molar-refractivity contribution >= 4 is 17.5 Å². The lowest BCUT2D eigenvalue weighted by Gasteiger charge is -2.38. The Morgan fingerprint density at radius 2 is 1.49 bits per heavy atom. The first kappa shape index (κ1) is 29.2. The smallest absolute Gasteiger partial charge is 0.243 e. The number of amides is 2. The van der Waals surface area contributed by atoms with Gasteiger partial charge in [0.25, 0.3) is 0 Å². The third-order valence-electron chi connectivity index (χ3n) is 7.42. The average Bonchev–Trinajstić information content (AvgIpc) is 2.94. The molecule has 0 saturated carbocycles. The van der Waals surface area contributed by atoms with Gasteiger partial charge >= 0.3 is 0 Å². The van der Waals surface area contributed by atoms with E-state index in [0.717, 1.165) is 42.7 Å². The van der Waals surface area contributed by atoms with Gasteiger partial charge in [-0.2, -0.15) is 0 Å². The molecule has 0 radical (unpaired) electrons. The van der Waals surface area contributed by atoms with Crippen LogP contribution in [-0.2, 0) is 25.7 Å². The van der Waals surface area contributed by atoms with E-state index in [-0.39, 0.29) is 37.6 Å². The maximum atomic E-state index is 12.2. The molecule has 2 aromatic rings. The molecule has 0 spiro atoms. The highest BCUT2D eigenvalue weighted by atomic mass is 16.7. The molecule has 0 unspecified atom stereocenters. The number of hydroxylamine groups is 1. The fraction of sp³-hybridized carbons (Fsp3) is 0.533. The summed E-state index contributed by atoms with van der Waals surface area (Å²) in [7, 11) is 0. The van der Waals surface area contributed by atoms with Gasteiger partial charge in [-0.05, 0) is 55.6 Å². The van der Waals surface area contributed by atoms with Crippen LogP contribution in [0.4, 0.5) is 5.69 Å². The Hall–Kier alpha value is -2.82. The zero-order valence-electron chi connectivity index (χ0n) is 22.5. The number of ether oxygens (including phenoxy) is 2. The summed E-state index contributed by atoms with van der Waals surface area (Å²) in [6.07, 6.45) is 7.06. The van der Waals surface area contributed by atoms with Crippen LogP contribution in [0.25, 0.3) is 0 Å². The van der Waals surface area contributed by atoms with Gasteiger partial charge in [0, 0.05) is 37.1 Å². The van der Waals surface area contributed by atoms with Crippen molar-refractivity contribution in [2.75, 3.05) is 25.0 Å². The van der Waals surface area contributed by atoms with Gasteiger partial charge in [0.15, 0.2) is 6.29 Å². The number of aliphatic hydroxyl groups excluding tert-OH is 1. The normalized spacial score (nSPS) is 22.5. The first-order valence-corrected chi connectivity index (χ1v) is 14.1. The Balaban J connectivity index is 1.42. The van der Waals surface area contributed by atoms with Crippen molar-refractivity contribution in [2.24, 2.45) is 0 Å². The summed E-state index contributed by atoms with van der Waals surface area (Å²) in [5, 5.41) is 20.8. The van der Waals surface area contributed by atoms with Crippen LogP contribution in [-0.4, -0.2) is 52.8 Å². The highest BCUT2D eigenvalue weighted by Gasteiger charge is 2.33. The molecule has 2 amide bonds. The first-order valence-electron chi connectivity index (χ1n) is 14.1. The van der Waals surface area contributed by atoms with Crippen LogP contribution in [0.1, 0.15) is 86.9 Å². The van der Waals surface area contributed by atoms with E-state index in [1.54, 1.807) is 5.48 Å². The van der Waals surface area contributed by atoms with E-state index in [9.17, 15) is 14.7 Å². The third kappa shape index (κ3) is 9.12. The lowest BCUT2D eigenvalue weighted by molar-refractivity contribution is -0.253. The van der Waals surface area contributed by atoms with Crippen molar-refractivity contribution in [3.63, 3.8) is 0 Å². The van der Waals surface area contributed by atoms with E-state index >= 15 is 0 Å². The van der Waals surface area contributed by atoms with Crippen LogP contribution in [0.5, 0.6) is 0 Å². The largest absolute Gasteiger partial charge is 0.392 e. The van der Waals surface area contributed by atoms with E-state index in [0.29, 0.717) is 12.1 Å². The molecule has 2 saturated heterocycles. The molecule has 2 aromatic carbocycles. The van der Waals surface area contributed by atoms with Gasteiger partial charge in [-0.3, -0.25) is 14.8 Å². The van der Waals surface area contributed by atoms with Crippen molar-refractivity contribution in [1.29, 1.82) is 0 Å². The minimum atomic E-state index is -0.539. The summed E-state index contributed by atoms with van der Waals surface area (Å²) >= 11 is 0. The molecule has 3 atom stereocenters. The number of hydrogen-bond donors (Lipinski definition) is 4. The molecule has 9 nitrogen and oxygen atoms in total. The minimum Gasteiger partial charge on any atom is -0.392 e. The summed E-state index contributed by atoms with van der Waals surface area (Å²) < 4.78 is 13.0. The number of carbonyl (C=O) groups is 2. The molecule has 0 bridgehead atoms. The highest BCUT2D eigenvalue weighted by molar-refractivity contribution is 5.91. The molecule has 2 heterocycles. The molecule has 0 aromatic heterocycles. The molecule has 212 valence electrons. The number of anilines is 1. The topological polar surface area (TPSA) is 120 Å². The van der Waals surface area contributed by atoms with E-state index in [1.807, 2.05) is 48.5 Å². The zero-order valence-corrected chi connectivity index (χ0v) is 22.5. The van der Waals surface area contributed by atoms with Gasteiger partial charge in [0.2, 0.25) is 11.8 Å². The molecule has 2 aliphatic heterocycles. The molecule has 0 aliphatic carbocycles. The first-order chi connectivity index (χ1) is 19.0. The maximum absolute atomic E-state index is 12.2. The number of nitrogens with zero attached hydrogens (tertiary/aromatic N) is 1. The fourth-order valence-corrected chi connectivity index (χ4v) is 5.23. The van der Waals surface area contributed by atoms with Crippen LogP contribution >= 0.6 is 0 Å². The van der Waals surface area contributed by atoms with Gasteiger partial charge in [-0.1, -0.05) is 55.7 Å². The van der Waals surface area contributed by atoms with Crippen molar-refractivity contribution < 1.29 is 29.4 Å². The standard InChI is InChI=1S/C30H41N3O6/c34-21-22-9-11-23(12-10-22)27-19-26(20-33-17-4-2-1-3-5-18-33)38-30(39-27)24-13-15-25(16-14-24)31-28(35)7-6-8-29(36)32-37/h9-16,26-27,30,34,37H,1-8,17-21H2,(H,31,35)(H,32,36)/t26-,27+,30+/m1/s1. The number of nitrogens with one attached hydrogen (secondary N) is 2. The Morgan fingerprint density at radius 3 is 2.15 bits per heavy atom. The third-order valence-corrected chi connectivity index (χ3v) is 7.42. The number of benzene rings is 2. The summed E-state index contributed by atoms with van der Waals surface area (Å²) in [4.78, 5) is 25.9. The van der Waals surface area contributed by atoms with Crippen molar-refractivity contribution in [3.05, 3.63) is 65.2 Å². The molecular weight excluding hydrogens is 498 g/mol. The Labute approximate surface area is 230 Å². The van der Waals surface area contributed by atoms with Crippen LogP contribution in [0.15, 0.2) is 48.5 Å². The maximum Gasteiger partial charge on any atom is 0.243 e. The van der Waals surface area contributed by atoms with Crippen LogP contribution in [0, 0.1) is 0 Å². The number of carbonyl (C=O) groups excluding carboxylic acids is 2. The monoisotopic (exact) mass is 539 g/mol. The highest BCUT2D eigenvalue weighted by Crippen LogP contribution is 2.38. The van der Waals surface area contributed by atoms with Crippen LogP contribution in [0.2, 0.25) is 0 Å². The van der Waals surface area contributed by atoms with Gasteiger partial charge in [-0.15, -0.1) is 0 Å². The molecule has 2 fully saturated rings. The van der Waals surface area contributed by atoms with Crippen LogP contribution < -0.4 is 10.8 Å². The second kappa shape index (κ2) is 15.1. The summed E-state index contributed by atoms with van der Waals surface area (Å²) in [6, 6.07) is 15.4. The second-order valence-electron chi connectivity index (χ2n) is 10.5. The summed E-state index contributed by atoms with van der Waals surface area (Å²) in [5.41, 5.74) is 5.03. The summed E-state index contributed by atoms with van der Waals surface area (Å²) in [5.74, 6) is -0.703. The van der Waals surface area contributed by atoms with Gasteiger partial charge < -0.3 is 24.8 Å². The lowest BCUT2D eigenvalue weighted by atomic mass is 9.99. The van der Waals surface area contributed by atoms with E-state index in [2.05, 4.69) is 10.2 Å². The van der Waals surface area contributed by atoms with Gasteiger partial charge in [-0.25, -0.2) is 5.48 Å². The molecular formula is C30H41N3O6. The molecule has 39 heavy (non-hydrogen) atoms. The minimum absolute atomic E-state index is 0.00992. The van der Waals surface area contributed by atoms with E-state index < -0.39 is 12.2 Å². The Kier molecular flexibility index (Phi) is 11.3. The number of aliphatic hydroxyl groups is 1. The number of hydrogen-bond acceptors (Lipinski definition) is 7. The lowest BCUT2D eigenvalue weighted by Crippen LogP contribution is -2.40. The Bertz CT molecular complexity index is 1040. The van der Waals surface area contributed by atoms with Crippen LogP contribution in [0.3, 0.4) is 0 Å². The van der Waals surface area contributed by atoms with E-state index in [4.69, 9.17) is 14.7 Å². The predicted octanol–water partition coefficient (Wildman–Crippen LogP) is 4.60. The van der Waals surface area contributed by atoms with Crippen molar-refractivity contribution in [3.8, 4) is 0 Å². The molecule has 4 rings (SSSR count). The zero-order chi connectivity index (χ0) is 27.5. The second-order valence-corrected chi connectivity index (χ2v) is 10.5. The molecule has 4 N–H and O–H groups in total. The molecule has 2 aliphatic rings. The fourth-order valence-electron chi connectivity index (χ4n) is 5.23. The van der Waals surface area contributed by atoms with Crippen molar-refractivity contribution in [1.82, 2.24) is 10.4 Å². The Morgan fingerprint density at radius 1 is 0.846 bits per heavy atom. The number of rotatable bonds is 10. The number of likely N-dealkylation sites (tertiary alicyclic amines) is 1. The summed E-state index contributed by atoms with van der Waals surface area (Å²) in [6.45, 7) is 3.07. The van der Waals surface area contributed by atoms with Crippen molar-refractivity contribution in [2.45, 2.75) is 82.9 Å². The predicted molar refractivity (Wildman–Crippen MR) is 147 cm³/mol.